The second-order valence-corrected chi connectivity index (χ2v) is 4.60. The number of carbonyl (C=O) groups is 2. The number of carboxylic acid groups (broad SMARTS) is 1. The van der Waals surface area contributed by atoms with Crippen molar-refractivity contribution < 1.29 is 19.1 Å². The van der Waals surface area contributed by atoms with Crippen LogP contribution in [0.3, 0.4) is 0 Å². The van der Waals surface area contributed by atoms with Crippen molar-refractivity contribution in [1.82, 2.24) is 5.32 Å². The molecule has 0 aliphatic carbocycles. The highest BCUT2D eigenvalue weighted by Crippen LogP contribution is 2.12. The number of benzene rings is 1. The third kappa shape index (κ3) is 6.24. The van der Waals surface area contributed by atoms with E-state index in [9.17, 15) is 14.0 Å². The Morgan fingerprint density at radius 3 is 2.56 bits per heavy atom. The molecule has 4 nitrogen and oxygen atoms in total. The van der Waals surface area contributed by atoms with Crippen LogP contribution in [0.2, 0.25) is 0 Å². The lowest BCUT2D eigenvalue weighted by Gasteiger charge is -2.03. The van der Waals surface area contributed by atoms with Crippen molar-refractivity contribution in [2.45, 2.75) is 12.2 Å². The third-order valence-corrected chi connectivity index (χ3v) is 3.08. The van der Waals surface area contributed by atoms with Gasteiger partial charge in [-0.05, 0) is 17.7 Å². The number of carbonyl (C=O) groups excluding carboxylic acids is 1. The van der Waals surface area contributed by atoms with Gasteiger partial charge in [-0.2, -0.15) is 0 Å². The Morgan fingerprint density at radius 2 is 1.94 bits per heavy atom. The molecule has 0 aliphatic rings. The van der Waals surface area contributed by atoms with Crippen LogP contribution in [0.4, 0.5) is 4.39 Å². The average Bonchev–Trinajstić information content (AvgIpc) is 2.31. The average molecular weight is 271 g/mol. The number of carboxylic acids is 1. The Hall–Kier alpha value is -1.56. The maximum atomic E-state index is 12.6. The minimum atomic E-state index is -0.936. The van der Waals surface area contributed by atoms with E-state index in [2.05, 4.69) is 5.32 Å². The molecule has 0 atom stereocenters. The molecule has 0 aromatic heterocycles. The fourth-order valence-electron chi connectivity index (χ4n) is 1.20. The summed E-state index contributed by atoms with van der Waals surface area (Å²) in [5.74, 6) is -0.531. The summed E-state index contributed by atoms with van der Waals surface area (Å²) in [5.41, 5.74) is 0.944. The number of rotatable bonds is 7. The van der Waals surface area contributed by atoms with E-state index in [4.69, 9.17) is 5.11 Å². The molecule has 0 aliphatic heterocycles. The van der Waals surface area contributed by atoms with Crippen molar-refractivity contribution in [3.8, 4) is 0 Å². The number of nitrogens with one attached hydrogen (secondary N) is 1. The van der Waals surface area contributed by atoms with Crippen LogP contribution in [0.5, 0.6) is 0 Å². The number of amides is 1. The minimum Gasteiger partial charge on any atom is -0.481 e. The number of aliphatic carboxylic acids is 1. The van der Waals surface area contributed by atoms with E-state index in [-0.39, 0.29) is 30.4 Å². The molecule has 18 heavy (non-hydrogen) atoms. The maximum absolute atomic E-state index is 12.6. The molecule has 2 N–H and O–H groups in total. The molecule has 0 unspecified atom stereocenters. The molecule has 98 valence electrons. The van der Waals surface area contributed by atoms with Crippen LogP contribution in [0.25, 0.3) is 0 Å². The second kappa shape index (κ2) is 7.71. The first kappa shape index (κ1) is 14.5. The molecular weight excluding hydrogens is 257 g/mol. The Balaban J connectivity index is 2.15. The van der Waals surface area contributed by atoms with Crippen LogP contribution in [0.15, 0.2) is 24.3 Å². The quantitative estimate of drug-likeness (QED) is 0.791. The van der Waals surface area contributed by atoms with E-state index in [0.29, 0.717) is 5.75 Å². The first-order valence-corrected chi connectivity index (χ1v) is 6.54. The highest BCUT2D eigenvalue weighted by atomic mass is 32.2. The standard InChI is InChI=1S/C12H14FNO3S/c13-10-3-1-9(2-4-10)7-18-8-11(15)14-6-5-12(16)17/h1-4H,5-8H2,(H,14,15)(H,16,17). The molecule has 0 bridgehead atoms. The third-order valence-electron chi connectivity index (χ3n) is 2.08. The Bertz CT molecular complexity index is 408. The van der Waals surface area contributed by atoms with Crippen molar-refractivity contribution in [1.29, 1.82) is 0 Å². The predicted molar refractivity (Wildman–Crippen MR) is 67.8 cm³/mol. The largest absolute Gasteiger partial charge is 0.481 e. The number of hydrogen-bond donors (Lipinski definition) is 2. The summed E-state index contributed by atoms with van der Waals surface area (Å²) >= 11 is 1.40. The molecule has 6 heteroatoms. The molecule has 0 heterocycles. The highest BCUT2D eigenvalue weighted by Gasteiger charge is 2.03. The molecule has 0 saturated heterocycles. The fourth-order valence-corrected chi connectivity index (χ4v) is 2.02. The van der Waals surface area contributed by atoms with Crippen molar-refractivity contribution in [2.75, 3.05) is 12.3 Å². The lowest BCUT2D eigenvalue weighted by Crippen LogP contribution is -2.27. The molecule has 1 amide bonds. The van der Waals surface area contributed by atoms with Gasteiger partial charge in [0.05, 0.1) is 12.2 Å². The van der Waals surface area contributed by atoms with Crippen molar-refractivity contribution in [3.05, 3.63) is 35.6 Å². The topological polar surface area (TPSA) is 66.4 Å². The molecule has 0 saturated carbocycles. The van der Waals surface area contributed by atoms with Crippen LogP contribution in [-0.2, 0) is 15.3 Å². The number of hydrogen-bond acceptors (Lipinski definition) is 3. The molecular formula is C12H14FNO3S. The van der Waals surface area contributed by atoms with Crippen LogP contribution in [0.1, 0.15) is 12.0 Å². The summed E-state index contributed by atoms with van der Waals surface area (Å²) in [6.45, 7) is 0.144. The summed E-state index contributed by atoms with van der Waals surface area (Å²) < 4.78 is 12.6. The first-order valence-electron chi connectivity index (χ1n) is 5.38. The SMILES string of the molecule is O=C(O)CCNC(=O)CSCc1ccc(F)cc1. The van der Waals surface area contributed by atoms with E-state index in [0.717, 1.165) is 5.56 Å². The van der Waals surface area contributed by atoms with Crippen LogP contribution in [-0.4, -0.2) is 29.3 Å². The monoisotopic (exact) mass is 271 g/mol. The van der Waals surface area contributed by atoms with Gasteiger partial charge >= 0.3 is 5.97 Å². The zero-order chi connectivity index (χ0) is 13.4. The highest BCUT2D eigenvalue weighted by molar-refractivity contribution is 7.99. The van der Waals surface area contributed by atoms with E-state index in [1.807, 2.05) is 0 Å². The molecule has 1 rings (SSSR count). The summed E-state index contributed by atoms with van der Waals surface area (Å²) in [5, 5.41) is 10.9. The molecule has 1 aromatic rings. The lowest BCUT2D eigenvalue weighted by atomic mass is 10.2. The number of halogens is 1. The number of thioether (sulfide) groups is 1. The van der Waals surface area contributed by atoms with Crippen molar-refractivity contribution >= 4 is 23.6 Å². The van der Waals surface area contributed by atoms with E-state index >= 15 is 0 Å². The Morgan fingerprint density at radius 1 is 1.28 bits per heavy atom. The van der Waals surface area contributed by atoms with Gasteiger partial charge in [0, 0.05) is 12.3 Å². The Kier molecular flexibility index (Phi) is 6.21. The zero-order valence-electron chi connectivity index (χ0n) is 9.69. The van der Waals surface area contributed by atoms with Gasteiger partial charge in [0.1, 0.15) is 5.82 Å². The van der Waals surface area contributed by atoms with Gasteiger partial charge in [0.15, 0.2) is 0 Å². The van der Waals surface area contributed by atoms with Crippen LogP contribution < -0.4 is 5.32 Å². The fraction of sp³-hybridized carbons (Fsp3) is 0.333. The van der Waals surface area contributed by atoms with Gasteiger partial charge < -0.3 is 10.4 Å². The predicted octanol–water partition coefficient (Wildman–Crippen LogP) is 1.65. The molecule has 0 spiro atoms. The smallest absolute Gasteiger partial charge is 0.305 e. The van der Waals surface area contributed by atoms with Crippen LogP contribution >= 0.6 is 11.8 Å². The molecule has 0 fully saturated rings. The summed E-state index contributed by atoms with van der Waals surface area (Å²) in [6, 6.07) is 6.10. The van der Waals surface area contributed by atoms with E-state index in [1.54, 1.807) is 12.1 Å². The summed E-state index contributed by atoms with van der Waals surface area (Å²) in [7, 11) is 0. The first-order chi connectivity index (χ1) is 8.58. The van der Waals surface area contributed by atoms with Gasteiger partial charge in [-0.1, -0.05) is 12.1 Å². The van der Waals surface area contributed by atoms with Gasteiger partial charge in [-0.15, -0.1) is 11.8 Å². The normalized spacial score (nSPS) is 10.1. The zero-order valence-corrected chi connectivity index (χ0v) is 10.5. The van der Waals surface area contributed by atoms with E-state index in [1.165, 1.54) is 23.9 Å². The van der Waals surface area contributed by atoms with Gasteiger partial charge in [0.25, 0.3) is 0 Å². The van der Waals surface area contributed by atoms with Gasteiger partial charge in [0.2, 0.25) is 5.91 Å². The van der Waals surface area contributed by atoms with Crippen molar-refractivity contribution in [2.24, 2.45) is 0 Å². The lowest BCUT2D eigenvalue weighted by molar-refractivity contribution is -0.136. The Labute approximate surface area is 109 Å². The second-order valence-electron chi connectivity index (χ2n) is 3.61. The summed E-state index contributed by atoms with van der Waals surface area (Å²) in [4.78, 5) is 21.5. The maximum Gasteiger partial charge on any atom is 0.305 e. The molecule has 1 aromatic carbocycles. The van der Waals surface area contributed by atoms with Gasteiger partial charge in [-0.25, -0.2) is 4.39 Å². The van der Waals surface area contributed by atoms with Crippen molar-refractivity contribution in [3.63, 3.8) is 0 Å². The molecule has 0 radical (unpaired) electrons. The summed E-state index contributed by atoms with van der Waals surface area (Å²) in [6.07, 6.45) is -0.0750. The minimum absolute atomic E-state index is 0.0750. The van der Waals surface area contributed by atoms with E-state index < -0.39 is 5.97 Å². The van der Waals surface area contributed by atoms with Gasteiger partial charge in [-0.3, -0.25) is 9.59 Å². The van der Waals surface area contributed by atoms with Crippen LogP contribution in [0, 0.1) is 5.82 Å².